The number of amides is 1. The van der Waals surface area contributed by atoms with Gasteiger partial charge in [-0.15, -0.1) is 0 Å². The van der Waals surface area contributed by atoms with Crippen LogP contribution in [0.4, 0.5) is 0 Å². The molecule has 0 aliphatic carbocycles. The van der Waals surface area contributed by atoms with Gasteiger partial charge in [-0.2, -0.15) is 5.10 Å². The largest absolute Gasteiger partial charge is 0.335 e. The highest BCUT2D eigenvalue weighted by Gasteiger charge is 2.28. The highest BCUT2D eigenvalue weighted by molar-refractivity contribution is 6.03. The van der Waals surface area contributed by atoms with Crippen molar-refractivity contribution in [3.05, 3.63) is 52.7 Å². The Morgan fingerprint density at radius 1 is 1.11 bits per heavy atom. The van der Waals surface area contributed by atoms with Crippen molar-refractivity contribution in [1.82, 2.24) is 29.1 Å². The fourth-order valence-electron chi connectivity index (χ4n) is 3.40. The van der Waals surface area contributed by atoms with E-state index in [-0.39, 0.29) is 17.2 Å². The minimum atomic E-state index is -0.230. The summed E-state index contributed by atoms with van der Waals surface area (Å²) in [5, 5.41) is 4.51. The molecule has 8 nitrogen and oxygen atoms in total. The lowest BCUT2D eigenvalue weighted by molar-refractivity contribution is 0.0639. The molecule has 27 heavy (non-hydrogen) atoms. The monoisotopic (exact) mass is 366 g/mol. The molecule has 4 rings (SSSR count). The molecule has 0 spiro atoms. The van der Waals surface area contributed by atoms with Gasteiger partial charge in [0.1, 0.15) is 5.52 Å². The number of rotatable bonds is 3. The van der Waals surface area contributed by atoms with E-state index < -0.39 is 0 Å². The number of benzene rings is 1. The van der Waals surface area contributed by atoms with Crippen LogP contribution in [-0.4, -0.2) is 67.8 Å². The molecule has 0 atom stereocenters. The topological polar surface area (TPSA) is 76.3 Å². The summed E-state index contributed by atoms with van der Waals surface area (Å²) < 4.78 is 2.93. The third kappa shape index (κ3) is 3.02. The number of hydrogen-bond donors (Lipinski definition) is 0. The molecule has 0 saturated carbocycles. The van der Waals surface area contributed by atoms with E-state index in [0.29, 0.717) is 24.1 Å². The molecule has 0 unspecified atom stereocenters. The maximum atomic E-state index is 13.1. The summed E-state index contributed by atoms with van der Waals surface area (Å²) >= 11 is 0. The van der Waals surface area contributed by atoms with Gasteiger partial charge in [0, 0.05) is 33.2 Å². The molecule has 1 amide bonds. The average molecular weight is 366 g/mol. The third-order valence-corrected chi connectivity index (χ3v) is 5.05. The number of fused-ring (bicyclic) bond motifs is 1. The number of nitrogens with zero attached hydrogens (tertiary/aromatic N) is 6. The van der Waals surface area contributed by atoms with Crippen LogP contribution in [0, 0.1) is 0 Å². The normalized spacial score (nSPS) is 15.4. The second kappa shape index (κ2) is 6.96. The molecule has 1 aliphatic rings. The Labute approximate surface area is 156 Å². The number of aryl methyl sites for hydroxylation is 1. The van der Waals surface area contributed by atoms with Gasteiger partial charge in [0.25, 0.3) is 11.5 Å². The van der Waals surface area contributed by atoms with Gasteiger partial charge >= 0.3 is 0 Å². The van der Waals surface area contributed by atoms with Gasteiger partial charge in [0.2, 0.25) is 0 Å². The summed E-state index contributed by atoms with van der Waals surface area (Å²) in [6.45, 7) is 6.08. The van der Waals surface area contributed by atoms with E-state index in [4.69, 9.17) is 0 Å². The van der Waals surface area contributed by atoms with Crippen molar-refractivity contribution in [3.8, 4) is 5.69 Å². The number of carbonyl (C=O) groups is 1. The van der Waals surface area contributed by atoms with Gasteiger partial charge < -0.3 is 14.4 Å². The van der Waals surface area contributed by atoms with Gasteiger partial charge in [0.15, 0.2) is 11.2 Å². The Balaban J connectivity index is 1.81. The van der Waals surface area contributed by atoms with Crippen LogP contribution in [0.3, 0.4) is 0 Å². The second-order valence-corrected chi connectivity index (χ2v) is 6.68. The van der Waals surface area contributed by atoms with Gasteiger partial charge in [-0.1, -0.05) is 25.1 Å². The molecular formula is C19H22N6O2. The molecule has 1 fully saturated rings. The number of carbonyl (C=O) groups excluding carboxylic acids is 1. The Kier molecular flexibility index (Phi) is 4.49. The van der Waals surface area contributed by atoms with Crippen molar-refractivity contribution < 1.29 is 4.79 Å². The van der Waals surface area contributed by atoms with Crippen molar-refractivity contribution in [2.45, 2.75) is 6.92 Å². The zero-order valence-electron chi connectivity index (χ0n) is 15.5. The first-order chi connectivity index (χ1) is 13.1. The van der Waals surface area contributed by atoms with Crippen LogP contribution in [0.2, 0.25) is 0 Å². The minimum absolute atomic E-state index is 0.175. The highest BCUT2D eigenvalue weighted by atomic mass is 16.2. The Hall–Kier alpha value is -3.00. The maximum absolute atomic E-state index is 13.1. The van der Waals surface area contributed by atoms with E-state index in [1.165, 1.54) is 15.6 Å². The third-order valence-electron chi connectivity index (χ3n) is 5.05. The SMILES string of the molecule is CCN1CCN(C(=O)c2nn(-c3ccccc3)c3c(=O)n(C)cnc23)CC1. The van der Waals surface area contributed by atoms with Crippen LogP contribution in [0.25, 0.3) is 16.7 Å². The quantitative estimate of drug-likeness (QED) is 0.688. The highest BCUT2D eigenvalue weighted by Crippen LogP contribution is 2.19. The second-order valence-electron chi connectivity index (χ2n) is 6.68. The number of para-hydroxylation sites is 1. The number of likely N-dealkylation sites (N-methyl/N-ethyl adjacent to an activating group) is 1. The van der Waals surface area contributed by atoms with E-state index >= 15 is 0 Å². The van der Waals surface area contributed by atoms with E-state index in [2.05, 4.69) is 21.9 Å². The molecule has 0 radical (unpaired) electrons. The Bertz CT molecular complexity index is 1030. The van der Waals surface area contributed by atoms with Crippen molar-refractivity contribution >= 4 is 16.9 Å². The molecule has 1 aliphatic heterocycles. The number of piperazine rings is 1. The van der Waals surface area contributed by atoms with Crippen LogP contribution in [0.15, 0.2) is 41.5 Å². The lowest BCUT2D eigenvalue weighted by atomic mass is 10.2. The van der Waals surface area contributed by atoms with E-state index in [1.54, 1.807) is 11.9 Å². The first kappa shape index (κ1) is 17.4. The van der Waals surface area contributed by atoms with Gasteiger partial charge in [-0.25, -0.2) is 9.67 Å². The predicted molar refractivity (Wildman–Crippen MR) is 102 cm³/mol. The lowest BCUT2D eigenvalue weighted by Gasteiger charge is -2.33. The summed E-state index contributed by atoms with van der Waals surface area (Å²) in [6, 6.07) is 9.34. The van der Waals surface area contributed by atoms with Crippen LogP contribution >= 0.6 is 0 Å². The number of hydrogen-bond acceptors (Lipinski definition) is 5. The summed E-state index contributed by atoms with van der Waals surface area (Å²) in [5.41, 5.74) is 1.40. The summed E-state index contributed by atoms with van der Waals surface area (Å²) in [5.74, 6) is -0.175. The summed E-state index contributed by atoms with van der Waals surface area (Å²) in [4.78, 5) is 34.3. The molecule has 3 aromatic rings. The van der Waals surface area contributed by atoms with Crippen molar-refractivity contribution in [1.29, 1.82) is 0 Å². The molecule has 140 valence electrons. The van der Waals surface area contributed by atoms with Crippen LogP contribution < -0.4 is 5.56 Å². The summed E-state index contributed by atoms with van der Waals surface area (Å²) in [6.07, 6.45) is 1.44. The first-order valence-electron chi connectivity index (χ1n) is 9.11. The summed E-state index contributed by atoms with van der Waals surface area (Å²) in [7, 11) is 1.64. The van der Waals surface area contributed by atoms with Crippen molar-refractivity contribution in [2.75, 3.05) is 32.7 Å². The Morgan fingerprint density at radius 2 is 1.81 bits per heavy atom. The number of aromatic nitrogens is 4. The smallest absolute Gasteiger partial charge is 0.279 e. The van der Waals surface area contributed by atoms with E-state index in [0.717, 1.165) is 25.3 Å². The molecule has 1 saturated heterocycles. The molecule has 3 heterocycles. The van der Waals surface area contributed by atoms with Gasteiger partial charge in [0.05, 0.1) is 12.0 Å². The van der Waals surface area contributed by atoms with Crippen LogP contribution in [0.5, 0.6) is 0 Å². The zero-order chi connectivity index (χ0) is 19.0. The lowest BCUT2D eigenvalue weighted by Crippen LogP contribution is -2.48. The molecule has 0 bridgehead atoms. The van der Waals surface area contributed by atoms with Gasteiger partial charge in [-0.3, -0.25) is 9.59 Å². The fraction of sp³-hybridized carbons (Fsp3) is 0.368. The standard InChI is InChI=1S/C19H22N6O2/c1-3-23-9-11-24(12-10-23)18(26)16-15-17(19(27)22(2)13-20-15)25(21-16)14-7-5-4-6-8-14/h4-8,13H,3,9-12H2,1-2H3. The predicted octanol–water partition coefficient (Wildman–Crippen LogP) is 0.897. The van der Waals surface area contributed by atoms with E-state index in [9.17, 15) is 9.59 Å². The zero-order valence-corrected chi connectivity index (χ0v) is 15.5. The molecule has 1 aromatic carbocycles. The maximum Gasteiger partial charge on any atom is 0.279 e. The molecular weight excluding hydrogens is 344 g/mol. The Morgan fingerprint density at radius 3 is 2.48 bits per heavy atom. The first-order valence-corrected chi connectivity index (χ1v) is 9.11. The van der Waals surface area contributed by atoms with Crippen molar-refractivity contribution in [2.24, 2.45) is 7.05 Å². The van der Waals surface area contributed by atoms with E-state index in [1.807, 2.05) is 30.3 Å². The van der Waals surface area contributed by atoms with Gasteiger partial charge in [-0.05, 0) is 18.7 Å². The molecule has 8 heteroatoms. The van der Waals surface area contributed by atoms with Crippen LogP contribution in [0.1, 0.15) is 17.4 Å². The average Bonchev–Trinajstić information content (AvgIpc) is 3.11. The van der Waals surface area contributed by atoms with Crippen molar-refractivity contribution in [3.63, 3.8) is 0 Å². The molecule has 0 N–H and O–H groups in total. The van der Waals surface area contributed by atoms with Crippen LogP contribution in [-0.2, 0) is 7.05 Å². The minimum Gasteiger partial charge on any atom is -0.335 e. The fourth-order valence-corrected chi connectivity index (χ4v) is 3.40. The molecule has 2 aromatic heterocycles.